The third kappa shape index (κ3) is 2.47. The molecule has 80 valence electrons. The first-order valence-corrected chi connectivity index (χ1v) is 4.99. The average molecular weight is 206 g/mol. The van der Waals surface area contributed by atoms with Crippen molar-refractivity contribution in [2.24, 2.45) is 0 Å². The van der Waals surface area contributed by atoms with Gasteiger partial charge in [-0.15, -0.1) is 0 Å². The number of carbonyl (C=O) groups excluding carboxylic acids is 1. The van der Waals surface area contributed by atoms with Crippen molar-refractivity contribution in [3.63, 3.8) is 0 Å². The van der Waals surface area contributed by atoms with Crippen LogP contribution in [-0.2, 0) is 4.79 Å². The fourth-order valence-corrected chi connectivity index (χ4v) is 1.39. The molecule has 0 saturated carbocycles. The smallest absolute Gasteiger partial charge is 0.221 e. The second-order valence-electron chi connectivity index (χ2n) is 3.58. The van der Waals surface area contributed by atoms with Gasteiger partial charge >= 0.3 is 0 Å². The van der Waals surface area contributed by atoms with Crippen molar-refractivity contribution in [3.8, 4) is 5.75 Å². The molecule has 0 radical (unpaired) electrons. The fraction of sp³-hybridized carbons (Fsp3) is 0.364. The molecule has 0 bridgehead atoms. The molecule has 1 aliphatic heterocycles. The minimum atomic E-state index is -0.0854. The summed E-state index contributed by atoms with van der Waals surface area (Å²) in [7, 11) is 0. The molecule has 0 atom stereocenters. The van der Waals surface area contributed by atoms with Crippen LogP contribution in [0.5, 0.6) is 5.75 Å². The Balaban J connectivity index is 2.09. The Morgan fingerprint density at radius 1 is 1.47 bits per heavy atom. The van der Waals surface area contributed by atoms with Gasteiger partial charge in [0.1, 0.15) is 11.9 Å². The average Bonchev–Trinajstić information content (AvgIpc) is 2.13. The first-order chi connectivity index (χ1) is 7.25. The minimum Gasteiger partial charge on any atom is -0.486 e. The molecule has 1 aromatic carbocycles. The summed E-state index contributed by atoms with van der Waals surface area (Å²) in [6.45, 7) is 3.23. The summed E-state index contributed by atoms with van der Waals surface area (Å²) in [6.07, 6.45) is 0.222. The van der Waals surface area contributed by atoms with E-state index in [-0.39, 0.29) is 12.0 Å². The van der Waals surface area contributed by atoms with E-state index < -0.39 is 0 Å². The Labute approximate surface area is 88.6 Å². The molecule has 1 fully saturated rings. The number of rotatable bonds is 3. The number of nitrogens with one attached hydrogen (secondary N) is 2. The summed E-state index contributed by atoms with van der Waals surface area (Å²) in [4.78, 5) is 11.0. The van der Waals surface area contributed by atoms with Crippen LogP contribution in [0.2, 0.25) is 0 Å². The molecule has 1 heterocycles. The van der Waals surface area contributed by atoms with Gasteiger partial charge in [-0.1, -0.05) is 12.1 Å². The Morgan fingerprint density at radius 2 is 2.20 bits per heavy atom. The van der Waals surface area contributed by atoms with E-state index in [0.717, 1.165) is 24.5 Å². The number of hydrogen-bond acceptors (Lipinski definition) is 3. The summed E-state index contributed by atoms with van der Waals surface area (Å²) in [6, 6.07) is 7.47. The maximum atomic E-state index is 11.0. The van der Waals surface area contributed by atoms with Gasteiger partial charge in [-0.05, 0) is 12.1 Å². The number of carbonyl (C=O) groups is 1. The lowest BCUT2D eigenvalue weighted by molar-refractivity contribution is -0.114. The molecule has 2 N–H and O–H groups in total. The third-order valence-corrected chi connectivity index (χ3v) is 2.24. The summed E-state index contributed by atoms with van der Waals surface area (Å²) < 4.78 is 5.71. The molecule has 1 saturated heterocycles. The first-order valence-electron chi connectivity index (χ1n) is 4.99. The summed E-state index contributed by atoms with van der Waals surface area (Å²) in [5.41, 5.74) is 0.733. The zero-order valence-electron chi connectivity index (χ0n) is 8.62. The van der Waals surface area contributed by atoms with Gasteiger partial charge in [0.2, 0.25) is 5.91 Å². The van der Waals surface area contributed by atoms with Crippen molar-refractivity contribution in [2.45, 2.75) is 13.0 Å². The second-order valence-corrected chi connectivity index (χ2v) is 3.58. The number of amides is 1. The van der Waals surface area contributed by atoms with Gasteiger partial charge in [-0.25, -0.2) is 0 Å². The predicted molar refractivity (Wildman–Crippen MR) is 58.0 cm³/mol. The number of anilines is 1. The highest BCUT2D eigenvalue weighted by Crippen LogP contribution is 2.25. The van der Waals surface area contributed by atoms with Crippen LogP contribution in [0.4, 0.5) is 5.69 Å². The van der Waals surface area contributed by atoms with E-state index in [4.69, 9.17) is 4.74 Å². The molecule has 2 rings (SSSR count). The highest BCUT2D eigenvalue weighted by atomic mass is 16.5. The fourth-order valence-electron chi connectivity index (χ4n) is 1.39. The van der Waals surface area contributed by atoms with Crippen LogP contribution in [0.3, 0.4) is 0 Å². The molecule has 0 spiro atoms. The van der Waals surface area contributed by atoms with E-state index in [1.165, 1.54) is 6.92 Å². The summed E-state index contributed by atoms with van der Waals surface area (Å²) in [5.74, 6) is 0.650. The topological polar surface area (TPSA) is 50.4 Å². The number of hydrogen-bond donors (Lipinski definition) is 2. The maximum Gasteiger partial charge on any atom is 0.221 e. The van der Waals surface area contributed by atoms with Crippen LogP contribution in [0.25, 0.3) is 0 Å². The molecule has 1 amide bonds. The molecule has 4 heteroatoms. The normalized spacial score (nSPS) is 15.5. The SMILES string of the molecule is CC(=O)Nc1ccccc1OC1CNC1. The van der Waals surface area contributed by atoms with Gasteiger partial charge in [0, 0.05) is 20.0 Å². The van der Waals surface area contributed by atoms with Crippen LogP contribution >= 0.6 is 0 Å². The van der Waals surface area contributed by atoms with Crippen molar-refractivity contribution < 1.29 is 9.53 Å². The van der Waals surface area contributed by atoms with Crippen LogP contribution in [0.1, 0.15) is 6.92 Å². The highest BCUT2D eigenvalue weighted by Gasteiger charge is 2.19. The Morgan fingerprint density at radius 3 is 2.80 bits per heavy atom. The van der Waals surface area contributed by atoms with Gasteiger partial charge in [0.05, 0.1) is 5.69 Å². The molecule has 4 nitrogen and oxygen atoms in total. The highest BCUT2D eigenvalue weighted by molar-refractivity contribution is 5.90. The van der Waals surface area contributed by atoms with Gasteiger partial charge in [0.25, 0.3) is 0 Å². The molecule has 1 aliphatic rings. The van der Waals surface area contributed by atoms with E-state index in [1.54, 1.807) is 0 Å². The molecule has 0 aliphatic carbocycles. The van der Waals surface area contributed by atoms with Crippen LogP contribution in [0.15, 0.2) is 24.3 Å². The van der Waals surface area contributed by atoms with Gasteiger partial charge in [-0.3, -0.25) is 4.79 Å². The molecule has 0 unspecified atom stereocenters. The second kappa shape index (κ2) is 4.31. The lowest BCUT2D eigenvalue weighted by Crippen LogP contribution is -2.50. The van der Waals surface area contributed by atoms with Gasteiger partial charge < -0.3 is 15.4 Å². The molecule has 15 heavy (non-hydrogen) atoms. The molecular formula is C11H14N2O2. The van der Waals surface area contributed by atoms with E-state index >= 15 is 0 Å². The largest absolute Gasteiger partial charge is 0.486 e. The molecule has 1 aromatic rings. The van der Waals surface area contributed by atoms with Crippen molar-refractivity contribution in [2.75, 3.05) is 18.4 Å². The van der Waals surface area contributed by atoms with Gasteiger partial charge in [-0.2, -0.15) is 0 Å². The Kier molecular flexibility index (Phi) is 2.87. The molecular weight excluding hydrogens is 192 g/mol. The lowest BCUT2D eigenvalue weighted by atomic mass is 10.2. The Bertz CT molecular complexity index is 361. The van der Waals surface area contributed by atoms with E-state index in [9.17, 15) is 4.79 Å². The summed E-state index contributed by atoms with van der Waals surface area (Å²) >= 11 is 0. The third-order valence-electron chi connectivity index (χ3n) is 2.24. The van der Waals surface area contributed by atoms with Gasteiger partial charge in [0.15, 0.2) is 0 Å². The quantitative estimate of drug-likeness (QED) is 0.775. The number of para-hydroxylation sites is 2. The maximum absolute atomic E-state index is 11.0. The Hall–Kier alpha value is -1.55. The van der Waals surface area contributed by atoms with E-state index in [1.807, 2.05) is 24.3 Å². The number of benzene rings is 1. The minimum absolute atomic E-state index is 0.0854. The zero-order valence-corrected chi connectivity index (χ0v) is 8.62. The van der Waals surface area contributed by atoms with Crippen molar-refractivity contribution in [1.82, 2.24) is 5.32 Å². The number of ether oxygens (including phenoxy) is 1. The van der Waals surface area contributed by atoms with E-state index in [2.05, 4.69) is 10.6 Å². The van der Waals surface area contributed by atoms with Crippen LogP contribution < -0.4 is 15.4 Å². The van der Waals surface area contributed by atoms with Crippen LogP contribution in [-0.4, -0.2) is 25.1 Å². The zero-order chi connectivity index (χ0) is 10.7. The van der Waals surface area contributed by atoms with Crippen LogP contribution in [0, 0.1) is 0 Å². The predicted octanol–water partition coefficient (Wildman–Crippen LogP) is 0.996. The first kappa shape index (κ1) is 9.98. The molecule has 0 aromatic heterocycles. The lowest BCUT2D eigenvalue weighted by Gasteiger charge is -2.28. The summed E-state index contributed by atoms with van der Waals surface area (Å²) in [5, 5.41) is 5.87. The van der Waals surface area contributed by atoms with Crippen molar-refractivity contribution in [3.05, 3.63) is 24.3 Å². The van der Waals surface area contributed by atoms with Crippen molar-refractivity contribution in [1.29, 1.82) is 0 Å². The standard InChI is InChI=1S/C11H14N2O2/c1-8(14)13-10-4-2-3-5-11(10)15-9-6-12-7-9/h2-5,9,12H,6-7H2,1H3,(H,13,14). The monoisotopic (exact) mass is 206 g/mol. The van der Waals surface area contributed by atoms with Crippen molar-refractivity contribution >= 4 is 11.6 Å². The van der Waals surface area contributed by atoms with E-state index in [0.29, 0.717) is 0 Å².